The summed E-state index contributed by atoms with van der Waals surface area (Å²) in [7, 11) is 0. The Hall–Kier alpha value is 0.540. The van der Waals surface area contributed by atoms with E-state index in [0.29, 0.717) is 0 Å². The summed E-state index contributed by atoms with van der Waals surface area (Å²) in [6, 6.07) is 0. The standard InChI is InChI=1S/C4H7Cl2N/c5-3-1-2-4(6)7-3/h3-4,7H,1-2H2. The molecular weight excluding hydrogens is 133 g/mol. The van der Waals surface area contributed by atoms with Crippen molar-refractivity contribution in [2.24, 2.45) is 0 Å². The molecule has 1 rings (SSSR count). The van der Waals surface area contributed by atoms with Crippen LogP contribution in [0.5, 0.6) is 0 Å². The first-order valence-electron chi connectivity index (χ1n) is 2.33. The molecule has 0 bridgehead atoms. The maximum absolute atomic E-state index is 5.61. The molecule has 0 aromatic heterocycles. The molecule has 0 aromatic rings. The summed E-state index contributed by atoms with van der Waals surface area (Å²) < 4.78 is 0. The van der Waals surface area contributed by atoms with Gasteiger partial charge < -0.3 is 0 Å². The summed E-state index contributed by atoms with van der Waals surface area (Å²) in [6.07, 6.45) is 1.99. The Balaban J connectivity index is 2.26. The van der Waals surface area contributed by atoms with Crippen LogP contribution in [0.1, 0.15) is 12.8 Å². The highest BCUT2D eigenvalue weighted by Gasteiger charge is 2.18. The number of nitrogens with one attached hydrogen (secondary N) is 1. The summed E-state index contributed by atoms with van der Waals surface area (Å²) in [5, 5.41) is 2.95. The SMILES string of the molecule is ClC1CCC(Cl)N1. The van der Waals surface area contributed by atoms with Crippen molar-refractivity contribution < 1.29 is 0 Å². The number of halogens is 2. The first kappa shape index (κ1) is 5.67. The molecule has 0 amide bonds. The van der Waals surface area contributed by atoms with Gasteiger partial charge in [-0.1, -0.05) is 0 Å². The third-order valence-corrected chi connectivity index (χ3v) is 1.72. The lowest BCUT2D eigenvalue weighted by atomic mass is 10.4. The Labute approximate surface area is 53.0 Å². The third kappa shape index (κ3) is 1.48. The second-order valence-electron chi connectivity index (χ2n) is 1.68. The lowest BCUT2D eigenvalue weighted by molar-refractivity contribution is 0.758. The summed E-state index contributed by atoms with van der Waals surface area (Å²) in [6.45, 7) is 0. The average Bonchev–Trinajstić information content (AvgIpc) is 1.87. The van der Waals surface area contributed by atoms with Crippen LogP contribution in [0.15, 0.2) is 0 Å². The third-order valence-electron chi connectivity index (χ3n) is 1.04. The number of hydrogen-bond acceptors (Lipinski definition) is 1. The minimum atomic E-state index is 0.113. The van der Waals surface area contributed by atoms with Crippen LogP contribution in [0.2, 0.25) is 0 Å². The highest BCUT2D eigenvalue weighted by Crippen LogP contribution is 2.16. The summed E-state index contributed by atoms with van der Waals surface area (Å²) in [5.41, 5.74) is 0.227. The zero-order valence-corrected chi connectivity index (χ0v) is 5.34. The van der Waals surface area contributed by atoms with E-state index in [0.717, 1.165) is 12.8 Å². The van der Waals surface area contributed by atoms with Gasteiger partial charge in [0, 0.05) is 0 Å². The molecule has 2 unspecified atom stereocenters. The van der Waals surface area contributed by atoms with E-state index in [1.54, 1.807) is 0 Å². The predicted molar refractivity (Wildman–Crippen MR) is 31.7 cm³/mol. The van der Waals surface area contributed by atoms with Crippen molar-refractivity contribution in [3.63, 3.8) is 0 Å². The normalized spacial score (nSPS) is 42.0. The quantitative estimate of drug-likeness (QED) is 0.397. The Morgan fingerprint density at radius 1 is 1.14 bits per heavy atom. The largest absolute Gasteiger partial charge is 0.285 e. The van der Waals surface area contributed by atoms with Crippen LogP contribution in [-0.2, 0) is 0 Å². The van der Waals surface area contributed by atoms with Gasteiger partial charge >= 0.3 is 0 Å². The summed E-state index contributed by atoms with van der Waals surface area (Å²) in [5.74, 6) is 0. The van der Waals surface area contributed by atoms with Crippen LogP contribution >= 0.6 is 23.2 Å². The fourth-order valence-electron chi connectivity index (χ4n) is 0.656. The summed E-state index contributed by atoms with van der Waals surface area (Å²) in [4.78, 5) is 0. The van der Waals surface area contributed by atoms with Gasteiger partial charge in [-0.25, -0.2) is 0 Å². The number of hydrogen-bond donors (Lipinski definition) is 1. The molecule has 3 heteroatoms. The molecule has 1 saturated heterocycles. The van der Waals surface area contributed by atoms with E-state index in [2.05, 4.69) is 5.32 Å². The van der Waals surface area contributed by atoms with Crippen molar-refractivity contribution in [2.75, 3.05) is 0 Å². The monoisotopic (exact) mass is 139 g/mol. The minimum absolute atomic E-state index is 0.113. The molecule has 42 valence electrons. The maximum atomic E-state index is 5.61. The molecular formula is C4H7Cl2N. The molecule has 0 spiro atoms. The van der Waals surface area contributed by atoms with Crippen molar-refractivity contribution in [2.45, 2.75) is 23.8 Å². The van der Waals surface area contributed by atoms with Crippen LogP contribution in [0, 0.1) is 0 Å². The smallest absolute Gasteiger partial charge is 0.0837 e. The average molecular weight is 140 g/mol. The van der Waals surface area contributed by atoms with E-state index in [1.165, 1.54) is 0 Å². The predicted octanol–water partition coefficient (Wildman–Crippen LogP) is 1.50. The molecule has 0 radical (unpaired) electrons. The molecule has 1 aliphatic heterocycles. The second kappa shape index (κ2) is 2.21. The Morgan fingerprint density at radius 3 is 1.71 bits per heavy atom. The second-order valence-corrected chi connectivity index (χ2v) is 2.73. The molecule has 1 nitrogen and oxygen atoms in total. The first-order valence-corrected chi connectivity index (χ1v) is 3.20. The van der Waals surface area contributed by atoms with E-state index in [9.17, 15) is 0 Å². The number of rotatable bonds is 0. The topological polar surface area (TPSA) is 12.0 Å². The fourth-order valence-corrected chi connectivity index (χ4v) is 1.28. The zero-order valence-electron chi connectivity index (χ0n) is 3.82. The van der Waals surface area contributed by atoms with Gasteiger partial charge in [-0.2, -0.15) is 0 Å². The van der Waals surface area contributed by atoms with Gasteiger partial charge in [-0.15, -0.1) is 23.2 Å². The van der Waals surface area contributed by atoms with Crippen LogP contribution in [0.25, 0.3) is 0 Å². The fraction of sp³-hybridized carbons (Fsp3) is 1.00. The highest BCUT2D eigenvalue weighted by molar-refractivity contribution is 6.23. The molecule has 1 fully saturated rings. The van der Waals surface area contributed by atoms with Gasteiger partial charge in [0.05, 0.1) is 11.0 Å². The van der Waals surface area contributed by atoms with Crippen LogP contribution < -0.4 is 5.32 Å². The van der Waals surface area contributed by atoms with Crippen molar-refractivity contribution in [3.05, 3.63) is 0 Å². The molecule has 1 N–H and O–H groups in total. The van der Waals surface area contributed by atoms with Crippen molar-refractivity contribution in [3.8, 4) is 0 Å². The molecule has 7 heavy (non-hydrogen) atoms. The van der Waals surface area contributed by atoms with Gasteiger partial charge in [0.15, 0.2) is 0 Å². The van der Waals surface area contributed by atoms with Crippen LogP contribution in [-0.4, -0.2) is 11.0 Å². The van der Waals surface area contributed by atoms with E-state index >= 15 is 0 Å². The Morgan fingerprint density at radius 2 is 1.57 bits per heavy atom. The van der Waals surface area contributed by atoms with E-state index in [-0.39, 0.29) is 11.0 Å². The molecule has 1 heterocycles. The number of alkyl halides is 2. The van der Waals surface area contributed by atoms with Gasteiger partial charge in [-0.05, 0) is 12.8 Å². The van der Waals surface area contributed by atoms with Crippen LogP contribution in [0.3, 0.4) is 0 Å². The lowest BCUT2D eigenvalue weighted by Crippen LogP contribution is -2.20. The van der Waals surface area contributed by atoms with E-state index < -0.39 is 0 Å². The first-order chi connectivity index (χ1) is 3.29. The molecule has 0 saturated carbocycles. The Bertz CT molecular complexity index is 58.7. The molecule has 2 atom stereocenters. The van der Waals surface area contributed by atoms with E-state index in [1.807, 2.05) is 0 Å². The lowest BCUT2D eigenvalue weighted by Gasteiger charge is -1.97. The van der Waals surface area contributed by atoms with Crippen molar-refractivity contribution in [1.29, 1.82) is 0 Å². The highest BCUT2D eigenvalue weighted by atomic mass is 35.5. The van der Waals surface area contributed by atoms with Gasteiger partial charge in [-0.3, -0.25) is 5.32 Å². The van der Waals surface area contributed by atoms with Gasteiger partial charge in [0.2, 0.25) is 0 Å². The van der Waals surface area contributed by atoms with Crippen molar-refractivity contribution >= 4 is 23.2 Å². The molecule has 1 aliphatic rings. The molecule has 0 aromatic carbocycles. The van der Waals surface area contributed by atoms with Gasteiger partial charge in [0.1, 0.15) is 0 Å². The summed E-state index contributed by atoms with van der Waals surface area (Å²) >= 11 is 11.2. The van der Waals surface area contributed by atoms with Crippen molar-refractivity contribution in [1.82, 2.24) is 5.32 Å². The zero-order chi connectivity index (χ0) is 5.28. The van der Waals surface area contributed by atoms with Gasteiger partial charge in [0.25, 0.3) is 0 Å². The minimum Gasteiger partial charge on any atom is -0.285 e. The van der Waals surface area contributed by atoms with Crippen LogP contribution in [0.4, 0.5) is 0 Å². The van der Waals surface area contributed by atoms with E-state index in [4.69, 9.17) is 23.2 Å². The maximum Gasteiger partial charge on any atom is 0.0837 e. The molecule has 0 aliphatic carbocycles. The Kier molecular flexibility index (Phi) is 1.79.